The molecule has 2 amide bonds. The highest BCUT2D eigenvalue weighted by Crippen LogP contribution is 2.38. The molecule has 29 heavy (non-hydrogen) atoms. The second-order valence-electron chi connectivity index (χ2n) is 7.11. The lowest BCUT2D eigenvalue weighted by Crippen LogP contribution is -2.27. The van der Waals surface area contributed by atoms with Crippen LogP contribution in [0.5, 0.6) is 5.75 Å². The average Bonchev–Trinajstić information content (AvgIpc) is 3.04. The third-order valence-corrected chi connectivity index (χ3v) is 6.27. The molecule has 1 aliphatic heterocycles. The fraction of sp³-hybridized carbons (Fsp3) is 0.273. The van der Waals surface area contributed by atoms with Crippen LogP contribution in [0.3, 0.4) is 0 Å². The van der Waals surface area contributed by atoms with Crippen molar-refractivity contribution in [1.82, 2.24) is 4.90 Å². The van der Waals surface area contributed by atoms with Crippen LogP contribution in [0, 0.1) is 0 Å². The Bertz CT molecular complexity index is 1110. The summed E-state index contributed by atoms with van der Waals surface area (Å²) in [7, 11) is 2.04. The molecule has 3 N–H and O–H groups in total. The Kier molecular flexibility index (Phi) is 5.25. The lowest BCUT2D eigenvalue weighted by Gasteiger charge is -2.22. The number of carbonyl (C=O) groups excluding carboxylic acids is 2. The van der Waals surface area contributed by atoms with Gasteiger partial charge in [0.2, 0.25) is 0 Å². The quantitative estimate of drug-likeness (QED) is 0.674. The van der Waals surface area contributed by atoms with E-state index in [1.807, 2.05) is 50.4 Å². The number of hydrogen-bond donors (Lipinski definition) is 2. The minimum Gasteiger partial charge on any atom is -0.493 e. The third kappa shape index (κ3) is 3.59. The molecule has 0 radical (unpaired) electrons. The molecule has 0 saturated heterocycles. The van der Waals surface area contributed by atoms with Crippen LogP contribution in [-0.2, 0) is 13.0 Å². The molecule has 150 valence electrons. The summed E-state index contributed by atoms with van der Waals surface area (Å²) in [6, 6.07) is 11.4. The van der Waals surface area contributed by atoms with Crippen LogP contribution in [0.15, 0.2) is 36.4 Å². The Morgan fingerprint density at radius 3 is 2.76 bits per heavy atom. The molecule has 1 aromatic heterocycles. The monoisotopic (exact) mass is 409 g/mol. The number of hydrogen-bond acceptors (Lipinski definition) is 5. The molecule has 3 aromatic rings. The molecule has 0 atom stereocenters. The topological polar surface area (TPSA) is 84.7 Å². The minimum atomic E-state index is -0.509. The van der Waals surface area contributed by atoms with Crippen LogP contribution in [0.25, 0.3) is 10.8 Å². The van der Waals surface area contributed by atoms with E-state index in [0.717, 1.165) is 40.7 Å². The lowest BCUT2D eigenvalue weighted by atomic mass is 10.0. The van der Waals surface area contributed by atoms with Crippen molar-refractivity contribution in [2.75, 3.05) is 25.5 Å². The van der Waals surface area contributed by atoms with E-state index in [0.29, 0.717) is 28.5 Å². The Labute approximate surface area is 173 Å². The maximum Gasteiger partial charge on any atom is 0.260 e. The van der Waals surface area contributed by atoms with Crippen LogP contribution in [0.4, 0.5) is 5.00 Å². The summed E-state index contributed by atoms with van der Waals surface area (Å²) in [5.41, 5.74) is 7.53. The van der Waals surface area contributed by atoms with Gasteiger partial charge in [-0.15, -0.1) is 11.3 Å². The molecule has 4 rings (SSSR count). The van der Waals surface area contributed by atoms with Gasteiger partial charge in [-0.3, -0.25) is 9.59 Å². The van der Waals surface area contributed by atoms with Gasteiger partial charge in [-0.25, -0.2) is 0 Å². The van der Waals surface area contributed by atoms with Crippen LogP contribution in [0.1, 0.15) is 38.1 Å². The molecule has 0 aliphatic carbocycles. The smallest absolute Gasteiger partial charge is 0.260 e. The first-order valence-corrected chi connectivity index (χ1v) is 10.4. The largest absolute Gasteiger partial charge is 0.493 e. The first-order valence-electron chi connectivity index (χ1n) is 9.58. The predicted octanol–water partition coefficient (Wildman–Crippen LogP) is 3.64. The molecule has 6 nitrogen and oxygen atoms in total. The van der Waals surface area contributed by atoms with Crippen LogP contribution < -0.4 is 15.8 Å². The Balaban J connectivity index is 1.78. The number of primary amides is 1. The zero-order valence-electron chi connectivity index (χ0n) is 16.5. The van der Waals surface area contributed by atoms with Crippen LogP contribution in [-0.4, -0.2) is 36.9 Å². The summed E-state index contributed by atoms with van der Waals surface area (Å²) in [6.07, 6.45) is 0.745. The number of nitrogens with one attached hydrogen (secondary N) is 1. The van der Waals surface area contributed by atoms with Crippen molar-refractivity contribution in [2.45, 2.75) is 19.9 Å². The van der Waals surface area contributed by atoms with Crippen molar-refractivity contribution in [1.29, 1.82) is 0 Å². The Morgan fingerprint density at radius 1 is 1.21 bits per heavy atom. The number of carbonyl (C=O) groups is 2. The van der Waals surface area contributed by atoms with E-state index in [1.165, 1.54) is 11.3 Å². The first-order chi connectivity index (χ1) is 14.0. The van der Waals surface area contributed by atoms with Crippen molar-refractivity contribution in [2.24, 2.45) is 5.73 Å². The number of thiophene rings is 1. The van der Waals surface area contributed by atoms with Crippen molar-refractivity contribution in [3.05, 3.63) is 58.0 Å². The van der Waals surface area contributed by atoms with Crippen molar-refractivity contribution >= 4 is 38.9 Å². The molecule has 0 saturated carbocycles. The summed E-state index contributed by atoms with van der Waals surface area (Å²) in [6.45, 7) is 3.93. The zero-order valence-corrected chi connectivity index (χ0v) is 17.3. The summed E-state index contributed by atoms with van der Waals surface area (Å²) in [5.74, 6) is -0.296. The van der Waals surface area contributed by atoms with Gasteiger partial charge in [0.15, 0.2) is 0 Å². The summed E-state index contributed by atoms with van der Waals surface area (Å²) < 4.78 is 5.72. The molecule has 0 spiro atoms. The van der Waals surface area contributed by atoms with Gasteiger partial charge in [-0.2, -0.15) is 0 Å². The van der Waals surface area contributed by atoms with Gasteiger partial charge in [0.1, 0.15) is 10.8 Å². The Hall–Kier alpha value is -2.90. The number of ether oxygens (including phenoxy) is 1. The highest BCUT2D eigenvalue weighted by Gasteiger charge is 2.27. The molecule has 0 unspecified atom stereocenters. The number of rotatable bonds is 5. The van der Waals surface area contributed by atoms with E-state index in [-0.39, 0.29) is 5.91 Å². The number of likely N-dealkylation sites (N-methyl/N-ethyl adjacent to an activating group) is 1. The first kappa shape index (κ1) is 19.4. The SMILES string of the molecule is CCOc1ccc2ccccc2c1C(=O)Nc1sc2c(c1C(N)=O)CCN(C)C2. The third-order valence-electron chi connectivity index (χ3n) is 5.14. The second-order valence-corrected chi connectivity index (χ2v) is 8.21. The van der Waals surface area contributed by atoms with Crippen molar-refractivity contribution in [3.8, 4) is 5.75 Å². The van der Waals surface area contributed by atoms with Gasteiger partial charge in [-0.1, -0.05) is 30.3 Å². The molecular formula is C22H23N3O3S. The van der Waals surface area contributed by atoms with E-state index in [4.69, 9.17) is 10.5 Å². The molecule has 1 aliphatic rings. The molecule has 0 fully saturated rings. The molecule has 2 aromatic carbocycles. The number of amides is 2. The molecule has 2 heterocycles. The van der Waals surface area contributed by atoms with Gasteiger partial charge < -0.3 is 20.7 Å². The van der Waals surface area contributed by atoms with E-state index in [9.17, 15) is 9.59 Å². The van der Waals surface area contributed by atoms with E-state index >= 15 is 0 Å². The predicted molar refractivity (Wildman–Crippen MR) is 116 cm³/mol. The number of fused-ring (bicyclic) bond motifs is 2. The van der Waals surface area contributed by atoms with Crippen molar-refractivity contribution in [3.63, 3.8) is 0 Å². The number of benzene rings is 2. The summed E-state index contributed by atoms with van der Waals surface area (Å²) in [5, 5.41) is 5.21. The fourth-order valence-corrected chi connectivity index (χ4v) is 5.14. The normalized spacial score (nSPS) is 13.9. The average molecular weight is 410 g/mol. The number of nitrogens with two attached hydrogens (primary N) is 1. The second kappa shape index (κ2) is 7.85. The highest BCUT2D eigenvalue weighted by atomic mass is 32.1. The maximum atomic E-state index is 13.3. The lowest BCUT2D eigenvalue weighted by molar-refractivity contribution is 0.1000. The summed E-state index contributed by atoms with van der Waals surface area (Å²) >= 11 is 1.43. The molecule has 7 heteroatoms. The van der Waals surface area contributed by atoms with Crippen LogP contribution >= 0.6 is 11.3 Å². The van der Waals surface area contributed by atoms with Gasteiger partial charge >= 0.3 is 0 Å². The van der Waals surface area contributed by atoms with Crippen LogP contribution in [0.2, 0.25) is 0 Å². The van der Waals surface area contributed by atoms with E-state index in [2.05, 4.69) is 10.2 Å². The van der Waals surface area contributed by atoms with E-state index in [1.54, 1.807) is 0 Å². The fourth-order valence-electron chi connectivity index (χ4n) is 3.81. The highest BCUT2D eigenvalue weighted by molar-refractivity contribution is 7.17. The molecule has 0 bridgehead atoms. The van der Waals surface area contributed by atoms with Crippen molar-refractivity contribution < 1.29 is 14.3 Å². The number of anilines is 1. The number of nitrogens with zero attached hydrogens (tertiary/aromatic N) is 1. The summed E-state index contributed by atoms with van der Waals surface area (Å²) in [4.78, 5) is 28.8. The van der Waals surface area contributed by atoms with E-state index < -0.39 is 5.91 Å². The zero-order chi connectivity index (χ0) is 20.5. The standard InChI is InChI=1S/C22H23N3O3S/c1-3-28-16-9-8-13-6-4-5-7-14(13)18(16)21(27)24-22-19(20(23)26)15-10-11-25(2)12-17(15)29-22/h4-9H,3,10-12H2,1-2H3,(H2,23,26)(H,24,27). The van der Waals surface area contributed by atoms with Gasteiger partial charge in [-0.05, 0) is 42.8 Å². The molecular weight excluding hydrogens is 386 g/mol. The van der Waals surface area contributed by atoms with Gasteiger partial charge in [0.05, 0.1) is 17.7 Å². The van der Waals surface area contributed by atoms with Gasteiger partial charge in [0, 0.05) is 18.0 Å². The van der Waals surface area contributed by atoms with Gasteiger partial charge in [0.25, 0.3) is 11.8 Å². The maximum absolute atomic E-state index is 13.3. The Morgan fingerprint density at radius 2 is 2.00 bits per heavy atom. The minimum absolute atomic E-state index is 0.306.